The van der Waals surface area contributed by atoms with E-state index in [1.807, 2.05) is 0 Å². The van der Waals surface area contributed by atoms with E-state index < -0.39 is 0 Å². The van der Waals surface area contributed by atoms with Gasteiger partial charge in [0.25, 0.3) is 0 Å². The molecule has 3 heteroatoms. The van der Waals surface area contributed by atoms with E-state index in [9.17, 15) is 4.79 Å². The van der Waals surface area contributed by atoms with Gasteiger partial charge in [-0.05, 0) is 31.7 Å². The second-order valence-corrected chi connectivity index (χ2v) is 5.19. The number of likely N-dealkylation sites (N-methyl/N-ethyl adjacent to an activating group) is 1. The Morgan fingerprint density at radius 3 is 2.59 bits per heavy atom. The van der Waals surface area contributed by atoms with E-state index in [4.69, 9.17) is 0 Å². The average Bonchev–Trinajstić information content (AvgIpc) is 2.30. The third kappa shape index (κ3) is 4.66. The van der Waals surface area contributed by atoms with E-state index in [0.29, 0.717) is 24.3 Å². The van der Waals surface area contributed by atoms with Crippen LogP contribution < -0.4 is 5.32 Å². The number of likely N-dealkylation sites (tertiary alicyclic amines) is 1. The van der Waals surface area contributed by atoms with Gasteiger partial charge in [0, 0.05) is 25.6 Å². The number of rotatable bonds is 6. The highest BCUT2D eigenvalue weighted by atomic mass is 16.2. The van der Waals surface area contributed by atoms with Gasteiger partial charge in [0.1, 0.15) is 0 Å². The third-order valence-corrected chi connectivity index (χ3v) is 3.54. The Bertz CT molecular complexity index is 216. The molecular formula is C14H28N2O. The maximum Gasteiger partial charge on any atom is 0.222 e. The second kappa shape index (κ2) is 7.70. The smallest absolute Gasteiger partial charge is 0.222 e. The summed E-state index contributed by atoms with van der Waals surface area (Å²) in [6.45, 7) is 9.34. The molecule has 2 unspecified atom stereocenters. The van der Waals surface area contributed by atoms with Gasteiger partial charge in [-0.15, -0.1) is 0 Å². The fraction of sp³-hybridized carbons (Fsp3) is 0.929. The number of hydrogen-bond acceptors (Lipinski definition) is 2. The summed E-state index contributed by atoms with van der Waals surface area (Å²) in [5.41, 5.74) is 0. The monoisotopic (exact) mass is 240 g/mol. The fourth-order valence-electron chi connectivity index (χ4n) is 2.83. The zero-order valence-corrected chi connectivity index (χ0v) is 11.7. The summed E-state index contributed by atoms with van der Waals surface area (Å²) in [7, 11) is 0. The highest BCUT2D eigenvalue weighted by molar-refractivity contribution is 5.76. The van der Waals surface area contributed by atoms with Gasteiger partial charge in [0.05, 0.1) is 0 Å². The molecule has 0 aliphatic carbocycles. The number of hydrogen-bond donors (Lipinski definition) is 1. The minimum absolute atomic E-state index is 0.344. The molecule has 0 saturated carbocycles. The SMILES string of the molecule is CCCC(=O)N1CC(CCC)CC(NCC)C1. The maximum absolute atomic E-state index is 12.0. The van der Waals surface area contributed by atoms with Crippen LogP contribution in [0.4, 0.5) is 0 Å². The standard InChI is InChI=1S/C14H28N2O/c1-4-7-12-9-13(15-6-3)11-16(10-12)14(17)8-5-2/h12-13,15H,4-11H2,1-3H3. The van der Waals surface area contributed by atoms with Gasteiger partial charge in [0.2, 0.25) is 5.91 Å². The van der Waals surface area contributed by atoms with Crippen LogP contribution >= 0.6 is 0 Å². The Morgan fingerprint density at radius 2 is 2.00 bits per heavy atom. The van der Waals surface area contributed by atoms with Crippen LogP contribution in [0.2, 0.25) is 0 Å². The van der Waals surface area contributed by atoms with Crippen LogP contribution in [-0.2, 0) is 4.79 Å². The molecule has 3 nitrogen and oxygen atoms in total. The first-order chi connectivity index (χ1) is 8.21. The normalized spacial score (nSPS) is 25.0. The van der Waals surface area contributed by atoms with Crippen molar-refractivity contribution < 1.29 is 4.79 Å². The van der Waals surface area contributed by atoms with Crippen molar-refractivity contribution in [3.05, 3.63) is 0 Å². The van der Waals surface area contributed by atoms with Gasteiger partial charge in [-0.2, -0.15) is 0 Å². The van der Waals surface area contributed by atoms with Crippen molar-refractivity contribution in [1.29, 1.82) is 0 Å². The van der Waals surface area contributed by atoms with Gasteiger partial charge in [-0.1, -0.05) is 27.2 Å². The first-order valence-electron chi connectivity index (χ1n) is 7.22. The van der Waals surface area contributed by atoms with Crippen molar-refractivity contribution >= 4 is 5.91 Å². The Labute approximate surface area is 106 Å². The molecule has 2 atom stereocenters. The minimum atomic E-state index is 0.344. The molecule has 1 saturated heterocycles. The first kappa shape index (κ1) is 14.5. The molecule has 0 bridgehead atoms. The van der Waals surface area contributed by atoms with Crippen molar-refractivity contribution in [1.82, 2.24) is 10.2 Å². The van der Waals surface area contributed by atoms with Crippen LogP contribution in [0.15, 0.2) is 0 Å². The van der Waals surface area contributed by atoms with Gasteiger partial charge in [-0.3, -0.25) is 4.79 Å². The fourth-order valence-corrected chi connectivity index (χ4v) is 2.83. The van der Waals surface area contributed by atoms with Crippen molar-refractivity contribution in [2.24, 2.45) is 5.92 Å². The molecule has 1 N–H and O–H groups in total. The highest BCUT2D eigenvalue weighted by Gasteiger charge is 2.28. The van der Waals surface area contributed by atoms with E-state index in [0.717, 1.165) is 26.1 Å². The highest BCUT2D eigenvalue weighted by Crippen LogP contribution is 2.22. The molecule has 100 valence electrons. The zero-order valence-electron chi connectivity index (χ0n) is 11.7. The van der Waals surface area contributed by atoms with Crippen molar-refractivity contribution in [2.45, 2.75) is 58.9 Å². The van der Waals surface area contributed by atoms with Gasteiger partial charge in [-0.25, -0.2) is 0 Å². The Balaban J connectivity index is 2.54. The van der Waals surface area contributed by atoms with Gasteiger partial charge in [0.15, 0.2) is 0 Å². The van der Waals surface area contributed by atoms with Crippen LogP contribution in [0.1, 0.15) is 52.9 Å². The molecule has 1 fully saturated rings. The predicted octanol–water partition coefficient (Wildman–Crippen LogP) is 2.41. The maximum atomic E-state index is 12.0. The lowest BCUT2D eigenvalue weighted by atomic mass is 9.90. The van der Waals surface area contributed by atoms with Crippen molar-refractivity contribution in [2.75, 3.05) is 19.6 Å². The molecule has 0 aromatic heterocycles. The first-order valence-corrected chi connectivity index (χ1v) is 7.22. The largest absolute Gasteiger partial charge is 0.341 e. The van der Waals surface area contributed by atoms with E-state index in [2.05, 4.69) is 31.0 Å². The lowest BCUT2D eigenvalue weighted by Gasteiger charge is -2.38. The Hall–Kier alpha value is -0.570. The summed E-state index contributed by atoms with van der Waals surface area (Å²) in [4.78, 5) is 14.1. The summed E-state index contributed by atoms with van der Waals surface area (Å²) < 4.78 is 0. The number of carbonyl (C=O) groups excluding carboxylic acids is 1. The van der Waals surface area contributed by atoms with Gasteiger partial charge < -0.3 is 10.2 Å². The number of piperidine rings is 1. The predicted molar refractivity (Wildman–Crippen MR) is 72.0 cm³/mol. The van der Waals surface area contributed by atoms with Crippen LogP contribution in [-0.4, -0.2) is 36.5 Å². The van der Waals surface area contributed by atoms with Crippen molar-refractivity contribution in [3.63, 3.8) is 0 Å². The molecule has 1 heterocycles. The molecule has 1 amide bonds. The quantitative estimate of drug-likeness (QED) is 0.773. The summed E-state index contributed by atoms with van der Waals surface area (Å²) in [5.74, 6) is 1.04. The number of carbonyl (C=O) groups is 1. The lowest BCUT2D eigenvalue weighted by Crippen LogP contribution is -2.51. The van der Waals surface area contributed by atoms with E-state index in [1.165, 1.54) is 19.3 Å². The van der Waals surface area contributed by atoms with Crippen LogP contribution in [0.3, 0.4) is 0 Å². The number of amides is 1. The molecule has 17 heavy (non-hydrogen) atoms. The Kier molecular flexibility index (Phi) is 6.56. The summed E-state index contributed by atoms with van der Waals surface area (Å²) in [6, 6.07) is 0.506. The van der Waals surface area contributed by atoms with Crippen molar-refractivity contribution in [3.8, 4) is 0 Å². The lowest BCUT2D eigenvalue weighted by molar-refractivity contribution is -0.133. The second-order valence-electron chi connectivity index (χ2n) is 5.19. The minimum Gasteiger partial charge on any atom is -0.341 e. The van der Waals surface area contributed by atoms with Crippen LogP contribution in [0.25, 0.3) is 0 Å². The van der Waals surface area contributed by atoms with E-state index in [-0.39, 0.29) is 0 Å². The summed E-state index contributed by atoms with van der Waals surface area (Å²) in [5, 5.41) is 3.51. The van der Waals surface area contributed by atoms with Crippen LogP contribution in [0.5, 0.6) is 0 Å². The molecule has 1 aliphatic heterocycles. The summed E-state index contributed by atoms with van der Waals surface area (Å²) in [6.07, 6.45) is 5.37. The molecular weight excluding hydrogens is 212 g/mol. The van der Waals surface area contributed by atoms with Gasteiger partial charge >= 0.3 is 0 Å². The third-order valence-electron chi connectivity index (χ3n) is 3.54. The van der Waals surface area contributed by atoms with Crippen LogP contribution in [0, 0.1) is 5.92 Å². The number of nitrogens with one attached hydrogen (secondary N) is 1. The molecule has 0 aromatic rings. The topological polar surface area (TPSA) is 32.3 Å². The number of nitrogens with zero attached hydrogens (tertiary/aromatic N) is 1. The molecule has 0 spiro atoms. The molecule has 1 rings (SSSR count). The molecule has 0 aromatic carbocycles. The zero-order chi connectivity index (χ0) is 12.7. The van der Waals surface area contributed by atoms with E-state index >= 15 is 0 Å². The van der Waals surface area contributed by atoms with E-state index in [1.54, 1.807) is 0 Å². The summed E-state index contributed by atoms with van der Waals surface area (Å²) >= 11 is 0. The Morgan fingerprint density at radius 1 is 1.24 bits per heavy atom. The average molecular weight is 240 g/mol. The molecule has 0 radical (unpaired) electrons. The molecule has 1 aliphatic rings.